The summed E-state index contributed by atoms with van der Waals surface area (Å²) in [6.07, 6.45) is 0.763. The van der Waals surface area contributed by atoms with E-state index in [2.05, 4.69) is 9.88 Å². The van der Waals surface area contributed by atoms with E-state index >= 15 is 0 Å². The number of hydrogen-bond acceptors (Lipinski definition) is 6. The van der Waals surface area contributed by atoms with Gasteiger partial charge in [0.05, 0.1) is 29.3 Å². The van der Waals surface area contributed by atoms with Crippen molar-refractivity contribution in [2.75, 3.05) is 19.8 Å². The molecule has 0 saturated carbocycles. The Morgan fingerprint density at radius 2 is 2.07 bits per heavy atom. The van der Waals surface area contributed by atoms with Gasteiger partial charge in [0, 0.05) is 37.7 Å². The maximum Gasteiger partial charge on any atom is 0.255 e. The Morgan fingerprint density at radius 1 is 1.21 bits per heavy atom. The third-order valence-electron chi connectivity index (χ3n) is 4.95. The first-order chi connectivity index (χ1) is 14.2. The Bertz CT molecular complexity index is 1030. The molecule has 2 aromatic heterocycles. The van der Waals surface area contributed by atoms with Crippen molar-refractivity contribution in [1.29, 1.82) is 0 Å². The second kappa shape index (κ2) is 8.80. The molecule has 0 saturated heterocycles. The van der Waals surface area contributed by atoms with Crippen molar-refractivity contribution in [2.24, 2.45) is 0 Å². The van der Waals surface area contributed by atoms with Crippen LogP contribution in [0.5, 0.6) is 11.5 Å². The molecule has 29 heavy (non-hydrogen) atoms. The maximum atomic E-state index is 12.7. The number of aromatic amines is 1. The van der Waals surface area contributed by atoms with E-state index in [4.69, 9.17) is 14.5 Å². The smallest absolute Gasteiger partial charge is 0.255 e. The minimum atomic E-state index is -0.0418. The fourth-order valence-electron chi connectivity index (χ4n) is 3.60. The third-order valence-corrected chi connectivity index (χ3v) is 5.82. The first kappa shape index (κ1) is 19.7. The molecule has 7 heteroatoms. The van der Waals surface area contributed by atoms with Crippen molar-refractivity contribution in [3.63, 3.8) is 0 Å². The monoisotopic (exact) mass is 411 g/mol. The Hall–Kier alpha value is -2.64. The highest BCUT2D eigenvalue weighted by molar-refractivity contribution is 7.13. The number of rotatable bonds is 7. The quantitative estimate of drug-likeness (QED) is 0.640. The van der Waals surface area contributed by atoms with Gasteiger partial charge < -0.3 is 14.5 Å². The average molecular weight is 412 g/mol. The minimum Gasteiger partial charge on any atom is -0.494 e. The summed E-state index contributed by atoms with van der Waals surface area (Å²) < 4.78 is 11.4. The molecule has 1 aliphatic heterocycles. The van der Waals surface area contributed by atoms with Gasteiger partial charge >= 0.3 is 0 Å². The Morgan fingerprint density at radius 3 is 2.83 bits per heavy atom. The minimum absolute atomic E-state index is 0.0418. The van der Waals surface area contributed by atoms with E-state index in [1.165, 1.54) is 0 Å². The summed E-state index contributed by atoms with van der Waals surface area (Å²) >= 11 is 1.58. The van der Waals surface area contributed by atoms with Gasteiger partial charge in [-0.1, -0.05) is 12.1 Å². The van der Waals surface area contributed by atoms with E-state index in [0.717, 1.165) is 46.2 Å². The number of aromatic nitrogens is 2. The molecule has 0 radical (unpaired) electrons. The number of nitrogens with zero attached hydrogens (tertiary/aromatic N) is 2. The van der Waals surface area contributed by atoms with Crippen LogP contribution in [0.1, 0.15) is 30.7 Å². The normalized spacial score (nSPS) is 13.9. The van der Waals surface area contributed by atoms with Gasteiger partial charge in [-0.3, -0.25) is 9.69 Å². The van der Waals surface area contributed by atoms with Crippen LogP contribution >= 0.6 is 11.3 Å². The van der Waals surface area contributed by atoms with Crippen molar-refractivity contribution in [3.8, 4) is 22.2 Å². The molecule has 0 unspecified atom stereocenters. The molecular formula is C22H25N3O3S. The highest BCUT2D eigenvalue weighted by atomic mass is 32.1. The van der Waals surface area contributed by atoms with Gasteiger partial charge in [-0.15, -0.1) is 11.3 Å². The zero-order valence-electron chi connectivity index (χ0n) is 16.7. The van der Waals surface area contributed by atoms with Gasteiger partial charge in [0.15, 0.2) is 5.82 Å². The predicted molar refractivity (Wildman–Crippen MR) is 115 cm³/mol. The molecule has 0 aliphatic carbocycles. The average Bonchev–Trinajstić information content (AvgIpc) is 3.26. The molecule has 0 fully saturated rings. The first-order valence-corrected chi connectivity index (χ1v) is 10.8. The molecule has 1 N–H and O–H groups in total. The van der Waals surface area contributed by atoms with Crippen LogP contribution in [0.15, 0.2) is 40.5 Å². The molecule has 0 spiro atoms. The Kier molecular flexibility index (Phi) is 5.97. The third kappa shape index (κ3) is 4.36. The number of thiophene rings is 1. The molecule has 0 amide bonds. The van der Waals surface area contributed by atoms with E-state index in [1.54, 1.807) is 11.3 Å². The second-order valence-electron chi connectivity index (χ2n) is 6.91. The van der Waals surface area contributed by atoms with E-state index in [0.29, 0.717) is 32.1 Å². The van der Waals surface area contributed by atoms with Crippen LogP contribution in [0.2, 0.25) is 0 Å². The topological polar surface area (TPSA) is 67.5 Å². The SMILES string of the molecule is CCOc1ccc(CN2CCc3nc(-c4cccs4)[nH]c(=O)c3C2)c(OCC)c1. The van der Waals surface area contributed by atoms with Crippen LogP contribution in [0.25, 0.3) is 10.7 Å². The summed E-state index contributed by atoms with van der Waals surface area (Å²) in [6.45, 7) is 7.32. The molecular weight excluding hydrogens is 386 g/mol. The van der Waals surface area contributed by atoms with Gasteiger partial charge in [0.25, 0.3) is 5.56 Å². The lowest BCUT2D eigenvalue weighted by Gasteiger charge is -2.28. The molecule has 0 bridgehead atoms. The molecule has 4 rings (SSSR count). The largest absolute Gasteiger partial charge is 0.494 e. The highest BCUT2D eigenvalue weighted by Gasteiger charge is 2.22. The number of H-pyrrole nitrogens is 1. The molecule has 1 aliphatic rings. The van der Waals surface area contributed by atoms with E-state index in [9.17, 15) is 4.79 Å². The molecule has 3 heterocycles. The lowest BCUT2D eigenvalue weighted by molar-refractivity contribution is 0.235. The lowest BCUT2D eigenvalue weighted by Crippen LogP contribution is -2.35. The Labute approximate surface area is 174 Å². The number of benzene rings is 1. The molecule has 1 aromatic carbocycles. The molecule has 6 nitrogen and oxygen atoms in total. The standard InChI is InChI=1S/C22H25N3O3S/c1-3-27-16-8-7-15(19(12-16)28-4-2)13-25-10-9-18-17(14-25)22(26)24-21(23-18)20-6-5-11-29-20/h5-8,11-12H,3-4,9-10,13-14H2,1-2H3,(H,23,24,26). The summed E-state index contributed by atoms with van der Waals surface area (Å²) in [6, 6.07) is 9.91. The Balaban J connectivity index is 1.54. The van der Waals surface area contributed by atoms with E-state index < -0.39 is 0 Å². The van der Waals surface area contributed by atoms with Crippen molar-refractivity contribution < 1.29 is 9.47 Å². The van der Waals surface area contributed by atoms with Crippen LogP contribution in [0, 0.1) is 0 Å². The van der Waals surface area contributed by atoms with Crippen molar-refractivity contribution in [1.82, 2.24) is 14.9 Å². The first-order valence-electron chi connectivity index (χ1n) is 9.94. The number of hydrogen-bond donors (Lipinski definition) is 1. The van der Waals surface area contributed by atoms with Gasteiger partial charge in [-0.25, -0.2) is 4.98 Å². The lowest BCUT2D eigenvalue weighted by atomic mass is 10.1. The predicted octanol–water partition coefficient (Wildman–Crippen LogP) is 3.85. The summed E-state index contributed by atoms with van der Waals surface area (Å²) in [5.74, 6) is 2.32. The van der Waals surface area contributed by atoms with E-state index in [1.807, 2.05) is 49.6 Å². The number of ether oxygens (including phenoxy) is 2. The van der Waals surface area contributed by atoms with E-state index in [-0.39, 0.29) is 5.56 Å². The van der Waals surface area contributed by atoms with Gasteiger partial charge in [0.1, 0.15) is 11.5 Å². The summed E-state index contributed by atoms with van der Waals surface area (Å²) in [5.41, 5.74) is 2.73. The fraction of sp³-hybridized carbons (Fsp3) is 0.364. The van der Waals surface area contributed by atoms with Crippen LogP contribution in [0.4, 0.5) is 0 Å². The van der Waals surface area contributed by atoms with Gasteiger partial charge in [-0.05, 0) is 31.4 Å². The zero-order chi connectivity index (χ0) is 20.2. The van der Waals surface area contributed by atoms with Crippen LogP contribution < -0.4 is 15.0 Å². The molecule has 3 aromatic rings. The molecule has 0 atom stereocenters. The van der Waals surface area contributed by atoms with Crippen LogP contribution in [-0.2, 0) is 19.5 Å². The van der Waals surface area contributed by atoms with Crippen molar-refractivity contribution in [2.45, 2.75) is 33.4 Å². The summed E-state index contributed by atoms with van der Waals surface area (Å²) in [7, 11) is 0. The van der Waals surface area contributed by atoms with Gasteiger partial charge in [0.2, 0.25) is 0 Å². The summed E-state index contributed by atoms with van der Waals surface area (Å²) in [4.78, 5) is 23.6. The highest BCUT2D eigenvalue weighted by Crippen LogP contribution is 2.28. The maximum absolute atomic E-state index is 12.7. The fourth-order valence-corrected chi connectivity index (χ4v) is 4.27. The van der Waals surface area contributed by atoms with Crippen molar-refractivity contribution in [3.05, 3.63) is 62.9 Å². The zero-order valence-corrected chi connectivity index (χ0v) is 17.6. The van der Waals surface area contributed by atoms with Gasteiger partial charge in [-0.2, -0.15) is 0 Å². The van der Waals surface area contributed by atoms with Crippen molar-refractivity contribution >= 4 is 11.3 Å². The molecule has 152 valence electrons. The number of nitrogens with one attached hydrogen (secondary N) is 1. The van der Waals surface area contributed by atoms with Crippen LogP contribution in [-0.4, -0.2) is 34.6 Å². The summed E-state index contributed by atoms with van der Waals surface area (Å²) in [5, 5.41) is 1.99. The number of fused-ring (bicyclic) bond motifs is 1. The second-order valence-corrected chi connectivity index (χ2v) is 7.86. The van der Waals surface area contributed by atoms with Crippen LogP contribution in [0.3, 0.4) is 0 Å².